The van der Waals surface area contributed by atoms with Crippen LogP contribution in [0.3, 0.4) is 0 Å². The monoisotopic (exact) mass is 259 g/mol. The normalized spacial score (nSPS) is 10.2. The Balaban J connectivity index is 2.33. The van der Waals surface area contributed by atoms with Gasteiger partial charge in [0.1, 0.15) is 5.82 Å². The molecule has 0 heterocycles. The van der Waals surface area contributed by atoms with Gasteiger partial charge in [-0.15, -0.1) is 0 Å². The topological polar surface area (TPSA) is 81.1 Å². The molecular weight excluding hydrogens is 245 g/mol. The first-order valence-electron chi connectivity index (χ1n) is 5.70. The van der Waals surface area contributed by atoms with Gasteiger partial charge in [-0.25, -0.2) is 4.39 Å². The highest BCUT2D eigenvalue weighted by Crippen LogP contribution is 2.26. The number of hydrogen-bond acceptors (Lipinski definition) is 3. The average Bonchev–Trinajstić information content (AvgIpc) is 2.36. The van der Waals surface area contributed by atoms with E-state index in [0.29, 0.717) is 22.6 Å². The first-order chi connectivity index (χ1) is 8.97. The lowest BCUT2D eigenvalue weighted by molar-refractivity contribution is 0.100. The van der Waals surface area contributed by atoms with Crippen molar-refractivity contribution in [3.8, 4) is 0 Å². The lowest BCUT2D eigenvalue weighted by atomic mass is 10.1. The third-order valence-corrected chi connectivity index (χ3v) is 2.81. The second kappa shape index (κ2) is 4.97. The van der Waals surface area contributed by atoms with Crippen molar-refractivity contribution in [2.75, 3.05) is 11.1 Å². The van der Waals surface area contributed by atoms with Crippen LogP contribution < -0.4 is 16.8 Å². The van der Waals surface area contributed by atoms with Gasteiger partial charge in [-0.1, -0.05) is 6.07 Å². The molecule has 0 atom stereocenters. The van der Waals surface area contributed by atoms with Crippen LogP contribution in [0.25, 0.3) is 0 Å². The van der Waals surface area contributed by atoms with E-state index in [9.17, 15) is 9.18 Å². The van der Waals surface area contributed by atoms with Crippen LogP contribution in [0.2, 0.25) is 0 Å². The van der Waals surface area contributed by atoms with E-state index in [4.69, 9.17) is 11.5 Å². The minimum absolute atomic E-state index is 0.332. The van der Waals surface area contributed by atoms with Crippen molar-refractivity contribution in [1.82, 2.24) is 0 Å². The Morgan fingerprint density at radius 1 is 1.16 bits per heavy atom. The molecule has 19 heavy (non-hydrogen) atoms. The molecule has 0 aliphatic heterocycles. The number of amides is 1. The zero-order valence-corrected chi connectivity index (χ0v) is 10.4. The number of halogens is 1. The van der Waals surface area contributed by atoms with Crippen molar-refractivity contribution in [2.45, 2.75) is 6.92 Å². The molecule has 0 bridgehead atoms. The molecule has 0 unspecified atom stereocenters. The summed E-state index contributed by atoms with van der Waals surface area (Å²) in [5.41, 5.74) is 13.8. The Morgan fingerprint density at radius 2 is 1.89 bits per heavy atom. The Labute approximate surface area is 110 Å². The largest absolute Gasteiger partial charge is 0.397 e. The standard InChI is InChI=1S/C14H14FN3O/c1-8-2-4-10(15)7-13(8)18-12-5-3-9(14(17)19)6-11(12)16/h2-7,18H,16H2,1H3,(H2,17,19). The van der Waals surface area contributed by atoms with Crippen molar-refractivity contribution >= 4 is 23.0 Å². The zero-order valence-electron chi connectivity index (χ0n) is 10.4. The van der Waals surface area contributed by atoms with Gasteiger partial charge in [0.05, 0.1) is 11.4 Å². The van der Waals surface area contributed by atoms with Crippen molar-refractivity contribution in [3.05, 3.63) is 53.3 Å². The number of nitrogens with one attached hydrogen (secondary N) is 1. The fourth-order valence-corrected chi connectivity index (χ4v) is 1.70. The Kier molecular flexibility index (Phi) is 3.37. The lowest BCUT2D eigenvalue weighted by Gasteiger charge is -2.12. The summed E-state index contributed by atoms with van der Waals surface area (Å²) in [5.74, 6) is -0.874. The molecule has 5 N–H and O–H groups in total. The lowest BCUT2D eigenvalue weighted by Crippen LogP contribution is -2.11. The molecule has 98 valence electrons. The van der Waals surface area contributed by atoms with Gasteiger partial charge >= 0.3 is 0 Å². The Morgan fingerprint density at radius 3 is 2.53 bits per heavy atom. The third kappa shape index (κ3) is 2.82. The number of benzene rings is 2. The predicted octanol–water partition coefficient (Wildman–Crippen LogP) is 2.56. The van der Waals surface area contributed by atoms with Crippen LogP contribution in [0.15, 0.2) is 36.4 Å². The molecule has 5 heteroatoms. The summed E-state index contributed by atoms with van der Waals surface area (Å²) in [4.78, 5) is 11.0. The second-order valence-corrected chi connectivity index (χ2v) is 4.25. The molecule has 1 amide bonds. The minimum atomic E-state index is -0.541. The highest BCUT2D eigenvalue weighted by atomic mass is 19.1. The summed E-state index contributed by atoms with van der Waals surface area (Å²) in [6.07, 6.45) is 0. The third-order valence-electron chi connectivity index (χ3n) is 2.81. The van der Waals surface area contributed by atoms with Crippen molar-refractivity contribution in [3.63, 3.8) is 0 Å². The quantitative estimate of drug-likeness (QED) is 0.741. The van der Waals surface area contributed by atoms with Gasteiger partial charge in [0.2, 0.25) is 5.91 Å². The van der Waals surface area contributed by atoms with E-state index in [1.54, 1.807) is 18.2 Å². The summed E-state index contributed by atoms with van der Waals surface area (Å²) < 4.78 is 13.2. The van der Waals surface area contributed by atoms with E-state index < -0.39 is 5.91 Å². The van der Waals surface area contributed by atoms with Gasteiger partial charge in [-0.3, -0.25) is 4.79 Å². The summed E-state index contributed by atoms with van der Waals surface area (Å²) in [7, 11) is 0. The molecule has 0 aliphatic rings. The fraction of sp³-hybridized carbons (Fsp3) is 0.0714. The van der Waals surface area contributed by atoms with Crippen LogP contribution in [0.5, 0.6) is 0 Å². The van der Waals surface area contributed by atoms with E-state index in [2.05, 4.69) is 5.32 Å². The van der Waals surface area contributed by atoms with Gasteiger partial charge < -0.3 is 16.8 Å². The molecule has 0 radical (unpaired) electrons. The number of anilines is 3. The van der Waals surface area contributed by atoms with E-state index in [-0.39, 0.29) is 5.82 Å². The molecule has 0 aliphatic carbocycles. The molecule has 2 aromatic carbocycles. The predicted molar refractivity (Wildman–Crippen MR) is 73.8 cm³/mol. The number of hydrogen-bond donors (Lipinski definition) is 3. The Bertz CT molecular complexity index is 641. The highest BCUT2D eigenvalue weighted by Gasteiger charge is 2.07. The molecule has 0 fully saturated rings. The van der Waals surface area contributed by atoms with Gasteiger partial charge in [-0.2, -0.15) is 0 Å². The first-order valence-corrected chi connectivity index (χ1v) is 5.70. The molecule has 2 aromatic rings. The number of carbonyl (C=O) groups excluding carboxylic acids is 1. The van der Waals surface area contributed by atoms with Crippen LogP contribution in [0, 0.1) is 12.7 Å². The highest BCUT2D eigenvalue weighted by molar-refractivity contribution is 5.95. The maximum Gasteiger partial charge on any atom is 0.248 e. The van der Waals surface area contributed by atoms with Crippen LogP contribution in [0.4, 0.5) is 21.5 Å². The van der Waals surface area contributed by atoms with Gasteiger partial charge in [0, 0.05) is 11.3 Å². The van der Waals surface area contributed by atoms with Crippen LogP contribution in [0.1, 0.15) is 15.9 Å². The Hall–Kier alpha value is -2.56. The molecular formula is C14H14FN3O. The molecule has 0 saturated heterocycles. The van der Waals surface area contributed by atoms with E-state index in [0.717, 1.165) is 5.56 Å². The number of rotatable bonds is 3. The van der Waals surface area contributed by atoms with Gasteiger partial charge in [0.25, 0.3) is 0 Å². The molecule has 0 spiro atoms. The number of aryl methyl sites for hydroxylation is 1. The zero-order chi connectivity index (χ0) is 14.0. The van der Waals surface area contributed by atoms with E-state index in [1.807, 2.05) is 6.92 Å². The minimum Gasteiger partial charge on any atom is -0.397 e. The maximum atomic E-state index is 13.2. The fourth-order valence-electron chi connectivity index (χ4n) is 1.70. The van der Waals surface area contributed by atoms with E-state index in [1.165, 1.54) is 18.2 Å². The van der Waals surface area contributed by atoms with Crippen molar-refractivity contribution in [2.24, 2.45) is 5.73 Å². The molecule has 0 aromatic heterocycles. The summed E-state index contributed by atoms with van der Waals surface area (Å²) in [6.45, 7) is 1.86. The number of nitrogen functional groups attached to an aromatic ring is 1. The average molecular weight is 259 g/mol. The van der Waals surface area contributed by atoms with Crippen LogP contribution in [-0.2, 0) is 0 Å². The smallest absolute Gasteiger partial charge is 0.248 e. The molecule has 0 saturated carbocycles. The summed E-state index contributed by atoms with van der Waals surface area (Å²) >= 11 is 0. The summed E-state index contributed by atoms with van der Waals surface area (Å²) in [6, 6.07) is 9.14. The van der Waals surface area contributed by atoms with Gasteiger partial charge in [0.15, 0.2) is 0 Å². The number of primary amides is 1. The first kappa shape index (κ1) is 12.9. The van der Waals surface area contributed by atoms with Crippen molar-refractivity contribution < 1.29 is 9.18 Å². The van der Waals surface area contributed by atoms with Crippen LogP contribution >= 0.6 is 0 Å². The molecule has 4 nitrogen and oxygen atoms in total. The molecule has 2 rings (SSSR count). The van der Waals surface area contributed by atoms with Gasteiger partial charge in [-0.05, 0) is 42.8 Å². The SMILES string of the molecule is Cc1ccc(F)cc1Nc1ccc(C(N)=O)cc1N. The maximum absolute atomic E-state index is 13.2. The van der Waals surface area contributed by atoms with E-state index >= 15 is 0 Å². The van der Waals surface area contributed by atoms with Crippen molar-refractivity contribution in [1.29, 1.82) is 0 Å². The number of nitrogens with two attached hydrogens (primary N) is 2. The summed E-state index contributed by atoms with van der Waals surface area (Å²) in [5, 5.41) is 3.03. The number of carbonyl (C=O) groups is 1. The van der Waals surface area contributed by atoms with Crippen LogP contribution in [-0.4, -0.2) is 5.91 Å². The second-order valence-electron chi connectivity index (χ2n) is 4.25.